The second-order valence-electron chi connectivity index (χ2n) is 5.63. The lowest BCUT2D eigenvalue weighted by Gasteiger charge is -2.44. The molecule has 0 saturated carbocycles. The Bertz CT molecular complexity index is 185. The van der Waals surface area contributed by atoms with Gasteiger partial charge in [0.1, 0.15) is 6.29 Å². The van der Waals surface area contributed by atoms with E-state index in [1.165, 1.54) is 0 Å². The summed E-state index contributed by atoms with van der Waals surface area (Å²) in [6.45, 7) is 10.6. The van der Waals surface area contributed by atoms with Crippen molar-refractivity contribution in [1.82, 2.24) is 0 Å². The molecule has 3 nitrogen and oxygen atoms in total. The molecule has 0 aromatic rings. The maximum absolute atomic E-state index is 5.94. The van der Waals surface area contributed by atoms with Gasteiger partial charge >= 0.3 is 7.12 Å². The van der Waals surface area contributed by atoms with Crippen LogP contribution in [0.2, 0.25) is 0 Å². The van der Waals surface area contributed by atoms with Crippen molar-refractivity contribution in [2.24, 2.45) is 17.1 Å². The van der Waals surface area contributed by atoms with Gasteiger partial charge in [0, 0.05) is 11.4 Å². The van der Waals surface area contributed by atoms with E-state index in [2.05, 4.69) is 34.6 Å². The topological polar surface area (TPSA) is 44.5 Å². The minimum atomic E-state index is -0.193. The summed E-state index contributed by atoms with van der Waals surface area (Å²) in [4.78, 5) is 0. The SMILES string of the molecule is CC(C)CC(N)B1OC(C(C)(C)C)O1. The van der Waals surface area contributed by atoms with E-state index in [0.717, 1.165) is 6.42 Å². The van der Waals surface area contributed by atoms with Crippen LogP contribution >= 0.6 is 0 Å². The van der Waals surface area contributed by atoms with Crippen LogP contribution < -0.4 is 5.73 Å². The molecule has 0 bridgehead atoms. The maximum Gasteiger partial charge on any atom is 0.478 e. The molecule has 1 saturated heterocycles. The predicted octanol–water partition coefficient (Wildman–Crippen LogP) is 1.81. The highest BCUT2D eigenvalue weighted by atomic mass is 16.8. The van der Waals surface area contributed by atoms with Crippen molar-refractivity contribution < 1.29 is 9.31 Å². The van der Waals surface area contributed by atoms with Crippen LogP contribution in [0, 0.1) is 11.3 Å². The molecule has 1 heterocycles. The minimum Gasteiger partial charge on any atom is -0.385 e. The van der Waals surface area contributed by atoms with Crippen LogP contribution in [0.1, 0.15) is 41.0 Å². The molecule has 1 aliphatic rings. The average Bonchev–Trinajstić information content (AvgIpc) is 1.75. The van der Waals surface area contributed by atoms with Crippen LogP contribution in [-0.4, -0.2) is 19.3 Å². The van der Waals surface area contributed by atoms with Gasteiger partial charge in [-0.3, -0.25) is 0 Å². The van der Waals surface area contributed by atoms with E-state index in [1.54, 1.807) is 0 Å². The maximum atomic E-state index is 5.94. The highest BCUT2D eigenvalue weighted by Crippen LogP contribution is 2.32. The lowest BCUT2D eigenvalue weighted by molar-refractivity contribution is -0.176. The minimum absolute atomic E-state index is 0.00796. The molecule has 0 amide bonds. The molecule has 1 atom stereocenters. The summed E-state index contributed by atoms with van der Waals surface area (Å²) in [5.74, 6) is 0.597. The zero-order valence-electron chi connectivity index (χ0n) is 9.91. The lowest BCUT2D eigenvalue weighted by Crippen LogP contribution is -2.60. The number of rotatable bonds is 3. The Kier molecular flexibility index (Phi) is 3.61. The van der Waals surface area contributed by atoms with Crippen molar-refractivity contribution in [3.63, 3.8) is 0 Å². The molecule has 14 heavy (non-hydrogen) atoms. The molecule has 82 valence electrons. The molecule has 1 fully saturated rings. The first-order valence-corrected chi connectivity index (χ1v) is 5.37. The Morgan fingerprint density at radius 2 is 1.79 bits per heavy atom. The first-order chi connectivity index (χ1) is 6.30. The second-order valence-corrected chi connectivity index (χ2v) is 5.63. The van der Waals surface area contributed by atoms with Crippen LogP contribution in [0.5, 0.6) is 0 Å². The molecular formula is C10H22BNO2. The normalized spacial score (nSPS) is 21.2. The van der Waals surface area contributed by atoms with Crippen molar-refractivity contribution in [3.8, 4) is 0 Å². The van der Waals surface area contributed by atoms with E-state index in [9.17, 15) is 0 Å². The second kappa shape index (κ2) is 4.21. The van der Waals surface area contributed by atoms with Crippen LogP contribution in [0.3, 0.4) is 0 Å². The third-order valence-electron chi connectivity index (χ3n) is 2.32. The van der Waals surface area contributed by atoms with E-state index >= 15 is 0 Å². The molecule has 0 radical (unpaired) electrons. The van der Waals surface area contributed by atoms with Crippen molar-refractivity contribution in [2.75, 3.05) is 0 Å². The molecular weight excluding hydrogens is 177 g/mol. The number of nitrogens with two attached hydrogens (primary N) is 1. The quantitative estimate of drug-likeness (QED) is 0.705. The summed E-state index contributed by atoms with van der Waals surface area (Å²) in [7, 11) is -0.193. The predicted molar refractivity (Wildman–Crippen MR) is 58.6 cm³/mol. The summed E-state index contributed by atoms with van der Waals surface area (Å²) in [5, 5.41) is 0. The largest absolute Gasteiger partial charge is 0.478 e. The van der Waals surface area contributed by atoms with E-state index in [0.29, 0.717) is 5.92 Å². The van der Waals surface area contributed by atoms with E-state index in [1.807, 2.05) is 0 Å². The first kappa shape index (κ1) is 12.0. The third-order valence-corrected chi connectivity index (χ3v) is 2.32. The van der Waals surface area contributed by atoms with Crippen molar-refractivity contribution in [1.29, 1.82) is 0 Å². The number of hydrogen-bond donors (Lipinski definition) is 1. The Morgan fingerprint density at radius 3 is 2.14 bits per heavy atom. The van der Waals surface area contributed by atoms with E-state index in [4.69, 9.17) is 15.0 Å². The lowest BCUT2D eigenvalue weighted by atomic mass is 9.71. The fourth-order valence-corrected chi connectivity index (χ4v) is 1.52. The molecule has 4 heteroatoms. The van der Waals surface area contributed by atoms with Gasteiger partial charge in [-0.2, -0.15) is 0 Å². The van der Waals surface area contributed by atoms with Gasteiger partial charge in [-0.25, -0.2) is 0 Å². The van der Waals surface area contributed by atoms with Crippen LogP contribution in [0.25, 0.3) is 0 Å². The van der Waals surface area contributed by atoms with Crippen LogP contribution in [0.15, 0.2) is 0 Å². The fraction of sp³-hybridized carbons (Fsp3) is 1.00. The molecule has 1 rings (SSSR count). The highest BCUT2D eigenvalue weighted by Gasteiger charge is 2.46. The van der Waals surface area contributed by atoms with Gasteiger partial charge in [0.25, 0.3) is 0 Å². The molecule has 1 aliphatic heterocycles. The Balaban J connectivity index is 2.27. The van der Waals surface area contributed by atoms with Gasteiger partial charge in [0.15, 0.2) is 0 Å². The highest BCUT2D eigenvalue weighted by molar-refractivity contribution is 6.48. The van der Waals surface area contributed by atoms with Crippen LogP contribution in [-0.2, 0) is 9.31 Å². The summed E-state index contributed by atoms with van der Waals surface area (Å²) in [6.07, 6.45) is 0.854. The van der Waals surface area contributed by atoms with Gasteiger partial charge in [-0.1, -0.05) is 34.6 Å². The van der Waals surface area contributed by atoms with Crippen molar-refractivity contribution in [3.05, 3.63) is 0 Å². The van der Waals surface area contributed by atoms with Gasteiger partial charge in [0.05, 0.1) is 0 Å². The molecule has 0 spiro atoms. The molecule has 0 aromatic heterocycles. The van der Waals surface area contributed by atoms with Crippen LogP contribution in [0.4, 0.5) is 0 Å². The van der Waals surface area contributed by atoms with Crippen molar-refractivity contribution >= 4 is 7.12 Å². The third kappa shape index (κ3) is 2.97. The van der Waals surface area contributed by atoms with Gasteiger partial charge in [-0.05, 0) is 12.3 Å². The average molecular weight is 199 g/mol. The zero-order valence-corrected chi connectivity index (χ0v) is 9.91. The zero-order chi connectivity index (χ0) is 10.9. The Labute approximate surface area is 87.5 Å². The standard InChI is InChI=1S/C10H22BNO2/c1-7(2)6-8(12)11-13-9(14-11)10(3,4)5/h7-9H,6,12H2,1-5H3. The summed E-state index contributed by atoms with van der Waals surface area (Å²) in [6, 6.07) is 0. The monoisotopic (exact) mass is 199 g/mol. The number of hydrogen-bond acceptors (Lipinski definition) is 3. The summed E-state index contributed by atoms with van der Waals surface area (Å²) >= 11 is 0. The summed E-state index contributed by atoms with van der Waals surface area (Å²) in [5.41, 5.74) is 5.99. The van der Waals surface area contributed by atoms with E-state index in [-0.39, 0.29) is 24.8 Å². The Morgan fingerprint density at radius 1 is 1.29 bits per heavy atom. The summed E-state index contributed by atoms with van der Waals surface area (Å²) < 4.78 is 11.2. The van der Waals surface area contributed by atoms with Gasteiger partial charge in [0.2, 0.25) is 0 Å². The molecule has 0 aromatic carbocycles. The molecule has 1 unspecified atom stereocenters. The van der Waals surface area contributed by atoms with E-state index < -0.39 is 0 Å². The first-order valence-electron chi connectivity index (χ1n) is 5.37. The van der Waals surface area contributed by atoms with Crippen molar-refractivity contribution in [2.45, 2.75) is 53.3 Å². The van der Waals surface area contributed by atoms with Gasteiger partial charge < -0.3 is 15.0 Å². The Hall–Kier alpha value is -0.0551. The smallest absolute Gasteiger partial charge is 0.385 e. The molecule has 2 N–H and O–H groups in total. The fourth-order valence-electron chi connectivity index (χ4n) is 1.52. The molecule has 0 aliphatic carbocycles. The van der Waals surface area contributed by atoms with Gasteiger partial charge in [-0.15, -0.1) is 0 Å².